The summed E-state index contributed by atoms with van der Waals surface area (Å²) in [6, 6.07) is 10.9. The van der Waals surface area contributed by atoms with Gasteiger partial charge in [-0.15, -0.1) is 0 Å². The first kappa shape index (κ1) is 16.7. The highest BCUT2D eigenvalue weighted by atomic mass is 35.5. The van der Waals surface area contributed by atoms with Gasteiger partial charge in [0.15, 0.2) is 0 Å². The number of carbonyl (C=O) groups is 1. The third-order valence-corrected chi connectivity index (χ3v) is 4.98. The van der Waals surface area contributed by atoms with E-state index in [9.17, 15) is 9.90 Å². The lowest BCUT2D eigenvalue weighted by atomic mass is 10.1. The van der Waals surface area contributed by atoms with Crippen molar-refractivity contribution in [1.29, 1.82) is 0 Å². The molecule has 1 saturated heterocycles. The summed E-state index contributed by atoms with van der Waals surface area (Å²) in [6.07, 6.45) is 0. The molecule has 1 aliphatic heterocycles. The number of piperazine rings is 1. The summed E-state index contributed by atoms with van der Waals surface area (Å²) in [4.78, 5) is 16.8. The second kappa shape index (κ2) is 6.73. The van der Waals surface area contributed by atoms with Crippen LogP contribution in [0.2, 0.25) is 5.02 Å². The Kier molecular flexibility index (Phi) is 4.67. The molecule has 1 fully saturated rings. The highest BCUT2D eigenvalue weighted by Crippen LogP contribution is 2.26. The van der Waals surface area contributed by atoms with Crippen molar-refractivity contribution in [3.8, 4) is 5.75 Å². The molecule has 126 valence electrons. The molecule has 24 heavy (non-hydrogen) atoms. The molecule has 1 heterocycles. The predicted octanol–water partition coefficient (Wildman–Crippen LogP) is 3.62. The van der Waals surface area contributed by atoms with Gasteiger partial charge in [0, 0.05) is 37.4 Å². The first-order valence-electron chi connectivity index (χ1n) is 8.06. The van der Waals surface area contributed by atoms with Crippen LogP contribution in [0.1, 0.15) is 21.5 Å². The molecule has 0 bridgehead atoms. The van der Waals surface area contributed by atoms with Crippen LogP contribution in [0.25, 0.3) is 0 Å². The summed E-state index contributed by atoms with van der Waals surface area (Å²) in [5.41, 5.74) is 4.33. The lowest BCUT2D eigenvalue weighted by Gasteiger charge is -2.37. The predicted molar refractivity (Wildman–Crippen MR) is 97.1 cm³/mol. The Morgan fingerprint density at radius 2 is 1.79 bits per heavy atom. The molecule has 0 atom stereocenters. The van der Waals surface area contributed by atoms with E-state index in [1.807, 2.05) is 4.90 Å². The number of nitrogens with zero attached hydrogens (tertiary/aromatic N) is 2. The lowest BCUT2D eigenvalue weighted by Crippen LogP contribution is -2.49. The number of hydrogen-bond acceptors (Lipinski definition) is 3. The molecule has 0 saturated carbocycles. The van der Waals surface area contributed by atoms with Gasteiger partial charge < -0.3 is 14.9 Å². The second-order valence-corrected chi connectivity index (χ2v) is 6.57. The molecule has 2 aromatic carbocycles. The quantitative estimate of drug-likeness (QED) is 0.904. The van der Waals surface area contributed by atoms with E-state index < -0.39 is 0 Å². The number of carbonyl (C=O) groups excluding carboxylic acids is 1. The minimum Gasteiger partial charge on any atom is -0.506 e. The van der Waals surface area contributed by atoms with Gasteiger partial charge in [0.05, 0.1) is 5.02 Å². The Morgan fingerprint density at radius 3 is 2.46 bits per heavy atom. The van der Waals surface area contributed by atoms with Crippen LogP contribution in [0.5, 0.6) is 5.75 Å². The van der Waals surface area contributed by atoms with Gasteiger partial charge in [0.25, 0.3) is 5.91 Å². The lowest BCUT2D eigenvalue weighted by molar-refractivity contribution is 0.0747. The first-order chi connectivity index (χ1) is 11.5. The zero-order valence-electron chi connectivity index (χ0n) is 13.9. The maximum Gasteiger partial charge on any atom is 0.254 e. The molecule has 0 unspecified atom stereocenters. The van der Waals surface area contributed by atoms with Crippen molar-refractivity contribution in [1.82, 2.24) is 4.90 Å². The Bertz CT molecular complexity index is 768. The first-order valence-corrected chi connectivity index (χ1v) is 8.44. The van der Waals surface area contributed by atoms with Crippen molar-refractivity contribution < 1.29 is 9.90 Å². The van der Waals surface area contributed by atoms with Gasteiger partial charge in [-0.2, -0.15) is 0 Å². The molecular formula is C19H21ClN2O2. The van der Waals surface area contributed by atoms with Crippen molar-refractivity contribution in [2.45, 2.75) is 13.8 Å². The van der Waals surface area contributed by atoms with Gasteiger partial charge in [-0.25, -0.2) is 0 Å². The molecule has 0 radical (unpaired) electrons. The fourth-order valence-electron chi connectivity index (χ4n) is 3.05. The average Bonchev–Trinajstić information content (AvgIpc) is 2.59. The molecule has 1 amide bonds. The van der Waals surface area contributed by atoms with Gasteiger partial charge >= 0.3 is 0 Å². The topological polar surface area (TPSA) is 43.8 Å². The molecule has 0 aromatic heterocycles. The van der Waals surface area contributed by atoms with Crippen LogP contribution >= 0.6 is 11.6 Å². The summed E-state index contributed by atoms with van der Waals surface area (Å²) in [5.74, 6) is -0.0505. The zero-order chi connectivity index (χ0) is 17.3. The zero-order valence-corrected chi connectivity index (χ0v) is 14.7. The van der Waals surface area contributed by atoms with Gasteiger partial charge in [0.1, 0.15) is 5.75 Å². The van der Waals surface area contributed by atoms with Crippen LogP contribution in [-0.4, -0.2) is 42.1 Å². The average molecular weight is 345 g/mol. The molecule has 1 aliphatic rings. The Balaban J connectivity index is 1.69. The van der Waals surface area contributed by atoms with Crippen molar-refractivity contribution in [3.63, 3.8) is 0 Å². The van der Waals surface area contributed by atoms with Crippen molar-refractivity contribution in [3.05, 3.63) is 58.1 Å². The Labute approximate surface area is 147 Å². The monoisotopic (exact) mass is 344 g/mol. The Morgan fingerprint density at radius 1 is 1.08 bits per heavy atom. The Hall–Kier alpha value is -2.20. The third kappa shape index (κ3) is 3.20. The highest BCUT2D eigenvalue weighted by Gasteiger charge is 2.23. The molecule has 0 aliphatic carbocycles. The summed E-state index contributed by atoms with van der Waals surface area (Å²) < 4.78 is 0. The summed E-state index contributed by atoms with van der Waals surface area (Å²) in [7, 11) is 0. The van der Waals surface area contributed by atoms with Crippen LogP contribution in [0, 0.1) is 13.8 Å². The summed E-state index contributed by atoms with van der Waals surface area (Å²) >= 11 is 5.90. The van der Waals surface area contributed by atoms with Crippen LogP contribution in [0.15, 0.2) is 36.4 Å². The van der Waals surface area contributed by atoms with E-state index in [1.165, 1.54) is 28.9 Å². The van der Waals surface area contributed by atoms with Crippen molar-refractivity contribution >= 4 is 23.2 Å². The number of amides is 1. The molecule has 1 N–H and O–H groups in total. The maximum atomic E-state index is 12.6. The van der Waals surface area contributed by atoms with Crippen LogP contribution in [0.3, 0.4) is 0 Å². The molecule has 3 rings (SSSR count). The van der Waals surface area contributed by atoms with E-state index in [4.69, 9.17) is 11.6 Å². The number of rotatable bonds is 2. The fraction of sp³-hybridized carbons (Fsp3) is 0.316. The standard InChI is InChI=1S/C19H21ClN2O2/c1-13-4-3-5-17(14(13)2)21-8-10-22(11-9-21)19(24)15-6-7-18(23)16(20)12-15/h3-7,12,23H,8-11H2,1-2H3. The number of halogens is 1. The fourth-order valence-corrected chi connectivity index (χ4v) is 3.23. The van der Waals surface area contributed by atoms with Gasteiger partial charge in [0.2, 0.25) is 0 Å². The van der Waals surface area contributed by atoms with E-state index in [0.717, 1.165) is 13.1 Å². The largest absolute Gasteiger partial charge is 0.506 e. The van der Waals surface area contributed by atoms with Crippen molar-refractivity contribution in [2.24, 2.45) is 0 Å². The van der Waals surface area contributed by atoms with Gasteiger partial charge in [-0.3, -0.25) is 4.79 Å². The third-order valence-electron chi connectivity index (χ3n) is 4.68. The van der Waals surface area contributed by atoms with Gasteiger partial charge in [-0.1, -0.05) is 23.7 Å². The number of phenolic OH excluding ortho intramolecular Hbond substituents is 1. The van der Waals surface area contributed by atoms with E-state index in [0.29, 0.717) is 18.7 Å². The number of benzene rings is 2. The number of aromatic hydroxyl groups is 1. The molecular weight excluding hydrogens is 324 g/mol. The van der Waals surface area contributed by atoms with E-state index in [1.54, 1.807) is 6.07 Å². The normalized spacial score (nSPS) is 14.8. The molecule has 4 nitrogen and oxygen atoms in total. The molecule has 5 heteroatoms. The smallest absolute Gasteiger partial charge is 0.254 e. The van der Waals surface area contributed by atoms with Gasteiger partial charge in [-0.05, 0) is 49.2 Å². The minimum atomic E-state index is -0.0440. The highest BCUT2D eigenvalue weighted by molar-refractivity contribution is 6.32. The second-order valence-electron chi connectivity index (χ2n) is 6.16. The van der Waals surface area contributed by atoms with Crippen LogP contribution < -0.4 is 4.90 Å². The SMILES string of the molecule is Cc1cccc(N2CCN(C(=O)c3ccc(O)c(Cl)c3)CC2)c1C. The molecule has 0 spiro atoms. The van der Waals surface area contributed by atoms with E-state index in [2.05, 4.69) is 36.9 Å². The van der Waals surface area contributed by atoms with Crippen LogP contribution in [0.4, 0.5) is 5.69 Å². The van der Waals surface area contributed by atoms with Crippen molar-refractivity contribution in [2.75, 3.05) is 31.1 Å². The summed E-state index contributed by atoms with van der Waals surface area (Å²) in [5, 5.41) is 9.69. The van der Waals surface area contributed by atoms with Crippen LogP contribution in [-0.2, 0) is 0 Å². The maximum absolute atomic E-state index is 12.6. The number of aryl methyl sites for hydroxylation is 1. The minimum absolute atomic E-state index is 0.00652. The molecule has 2 aromatic rings. The number of phenols is 1. The van der Waals surface area contributed by atoms with E-state index >= 15 is 0 Å². The number of anilines is 1. The summed E-state index contributed by atoms with van der Waals surface area (Å²) in [6.45, 7) is 7.22. The number of hydrogen-bond donors (Lipinski definition) is 1. The van der Waals surface area contributed by atoms with E-state index in [-0.39, 0.29) is 16.7 Å².